The monoisotopic (exact) mass is 228 g/mol. The van der Waals surface area contributed by atoms with Gasteiger partial charge in [-0.1, -0.05) is 13.0 Å². The topological polar surface area (TPSA) is 63.4 Å². The number of sulfonamides is 1. The van der Waals surface area contributed by atoms with Crippen LogP contribution in [0.15, 0.2) is 23.1 Å². The molecule has 2 N–H and O–H groups in total. The Kier molecular flexibility index (Phi) is 3.36. The van der Waals surface area contributed by atoms with Crippen LogP contribution in [-0.4, -0.2) is 26.3 Å². The molecule has 0 aliphatic rings. The zero-order valence-corrected chi connectivity index (χ0v) is 10.0. The fourth-order valence-electron chi connectivity index (χ4n) is 1.24. The summed E-state index contributed by atoms with van der Waals surface area (Å²) in [6.07, 6.45) is 0. The van der Waals surface area contributed by atoms with Gasteiger partial charge in [0, 0.05) is 13.6 Å². The number of aryl methyl sites for hydroxylation is 1. The van der Waals surface area contributed by atoms with Gasteiger partial charge in [-0.15, -0.1) is 0 Å². The minimum Gasteiger partial charge on any atom is -0.398 e. The first-order valence-electron chi connectivity index (χ1n) is 4.72. The number of hydrogen-bond acceptors (Lipinski definition) is 3. The molecule has 1 aromatic carbocycles. The zero-order chi connectivity index (χ0) is 11.6. The Labute approximate surface area is 90.8 Å². The van der Waals surface area contributed by atoms with Gasteiger partial charge < -0.3 is 5.73 Å². The normalized spacial score (nSPS) is 12.0. The largest absolute Gasteiger partial charge is 0.398 e. The first-order valence-corrected chi connectivity index (χ1v) is 6.16. The Balaban J connectivity index is 3.28. The van der Waals surface area contributed by atoms with Crippen LogP contribution in [0.4, 0.5) is 5.69 Å². The van der Waals surface area contributed by atoms with E-state index in [1.807, 2.05) is 6.92 Å². The van der Waals surface area contributed by atoms with Gasteiger partial charge in [0.25, 0.3) is 0 Å². The third-order valence-corrected chi connectivity index (χ3v) is 4.31. The van der Waals surface area contributed by atoms with E-state index in [1.165, 1.54) is 11.4 Å². The summed E-state index contributed by atoms with van der Waals surface area (Å²) in [4.78, 5) is 0.178. The molecule has 0 heterocycles. The number of anilines is 1. The lowest BCUT2D eigenvalue weighted by atomic mass is 10.2. The summed E-state index contributed by atoms with van der Waals surface area (Å²) in [5, 5.41) is 0. The molecular formula is C10H16N2O2S. The van der Waals surface area contributed by atoms with Crippen LogP contribution in [0.3, 0.4) is 0 Å². The molecule has 0 saturated carbocycles. The van der Waals surface area contributed by atoms with Crippen molar-refractivity contribution in [3.8, 4) is 0 Å². The van der Waals surface area contributed by atoms with E-state index in [4.69, 9.17) is 5.73 Å². The van der Waals surface area contributed by atoms with E-state index in [-0.39, 0.29) is 4.90 Å². The Bertz CT molecular complexity index is 454. The number of nitrogens with zero attached hydrogens (tertiary/aromatic N) is 1. The standard InChI is InChI=1S/C10H16N2O2S/c1-4-12(3)15(13,14)10-6-5-8(2)7-9(10)11/h5-7H,4,11H2,1-3H3. The average Bonchev–Trinajstić information content (AvgIpc) is 2.15. The van der Waals surface area contributed by atoms with Gasteiger partial charge in [-0.3, -0.25) is 0 Å². The third kappa shape index (κ3) is 2.30. The van der Waals surface area contributed by atoms with Crippen molar-refractivity contribution in [3.63, 3.8) is 0 Å². The van der Waals surface area contributed by atoms with Gasteiger partial charge >= 0.3 is 0 Å². The Morgan fingerprint density at radius 2 is 2.00 bits per heavy atom. The number of nitrogens with two attached hydrogens (primary N) is 1. The summed E-state index contributed by atoms with van der Waals surface area (Å²) < 4.78 is 25.2. The van der Waals surface area contributed by atoms with Crippen molar-refractivity contribution in [2.45, 2.75) is 18.7 Å². The number of hydrogen-bond donors (Lipinski definition) is 1. The van der Waals surface area contributed by atoms with Crippen LogP contribution in [0.1, 0.15) is 12.5 Å². The molecule has 0 bridgehead atoms. The average molecular weight is 228 g/mol. The van der Waals surface area contributed by atoms with Crippen LogP contribution in [0, 0.1) is 6.92 Å². The van der Waals surface area contributed by atoms with Crippen LogP contribution in [0.2, 0.25) is 0 Å². The molecular weight excluding hydrogens is 212 g/mol. The molecule has 0 spiro atoms. The van der Waals surface area contributed by atoms with E-state index in [0.29, 0.717) is 12.2 Å². The highest BCUT2D eigenvalue weighted by atomic mass is 32.2. The number of rotatable bonds is 3. The first kappa shape index (κ1) is 12.0. The van der Waals surface area contributed by atoms with E-state index in [0.717, 1.165) is 5.56 Å². The van der Waals surface area contributed by atoms with Crippen LogP contribution in [0.25, 0.3) is 0 Å². The van der Waals surface area contributed by atoms with Gasteiger partial charge in [-0.05, 0) is 24.6 Å². The molecule has 0 aromatic heterocycles. The summed E-state index contributed by atoms with van der Waals surface area (Å²) in [6, 6.07) is 4.95. The molecule has 0 aliphatic heterocycles. The Morgan fingerprint density at radius 1 is 1.40 bits per heavy atom. The molecule has 15 heavy (non-hydrogen) atoms. The minimum absolute atomic E-state index is 0.178. The van der Waals surface area contributed by atoms with Gasteiger partial charge in [0.05, 0.1) is 5.69 Å². The van der Waals surface area contributed by atoms with Gasteiger partial charge in [0.1, 0.15) is 4.90 Å². The lowest BCUT2D eigenvalue weighted by molar-refractivity contribution is 0.487. The van der Waals surface area contributed by atoms with E-state index in [1.54, 1.807) is 25.1 Å². The smallest absolute Gasteiger partial charge is 0.244 e. The van der Waals surface area contributed by atoms with Crippen molar-refractivity contribution in [1.82, 2.24) is 4.31 Å². The van der Waals surface area contributed by atoms with Gasteiger partial charge in [0.15, 0.2) is 0 Å². The predicted molar refractivity (Wildman–Crippen MR) is 61.1 cm³/mol. The molecule has 1 aromatic rings. The van der Waals surface area contributed by atoms with E-state index in [2.05, 4.69) is 0 Å². The number of nitrogen functional groups attached to an aromatic ring is 1. The van der Waals surface area contributed by atoms with Crippen molar-refractivity contribution in [1.29, 1.82) is 0 Å². The molecule has 4 nitrogen and oxygen atoms in total. The molecule has 0 amide bonds. The zero-order valence-electron chi connectivity index (χ0n) is 9.19. The summed E-state index contributed by atoms with van der Waals surface area (Å²) >= 11 is 0. The Morgan fingerprint density at radius 3 is 2.47 bits per heavy atom. The van der Waals surface area contributed by atoms with Gasteiger partial charge in [0.2, 0.25) is 10.0 Å². The molecule has 0 fully saturated rings. The molecule has 0 atom stereocenters. The second-order valence-electron chi connectivity index (χ2n) is 3.46. The summed E-state index contributed by atoms with van der Waals surface area (Å²) in [6.45, 7) is 4.08. The molecule has 0 radical (unpaired) electrons. The third-order valence-electron chi connectivity index (χ3n) is 2.30. The SMILES string of the molecule is CCN(C)S(=O)(=O)c1ccc(C)cc1N. The molecule has 84 valence electrons. The molecule has 5 heteroatoms. The Hall–Kier alpha value is -1.07. The van der Waals surface area contributed by atoms with Gasteiger partial charge in [-0.25, -0.2) is 12.7 Å². The lowest BCUT2D eigenvalue weighted by Gasteiger charge is -2.16. The molecule has 0 unspecified atom stereocenters. The quantitative estimate of drug-likeness (QED) is 0.791. The maximum Gasteiger partial charge on any atom is 0.244 e. The van der Waals surface area contributed by atoms with Crippen molar-refractivity contribution in [2.24, 2.45) is 0 Å². The van der Waals surface area contributed by atoms with E-state index in [9.17, 15) is 8.42 Å². The maximum atomic E-state index is 11.9. The second kappa shape index (κ2) is 4.20. The summed E-state index contributed by atoms with van der Waals surface area (Å²) in [5.74, 6) is 0. The van der Waals surface area contributed by atoms with Crippen molar-refractivity contribution in [3.05, 3.63) is 23.8 Å². The van der Waals surface area contributed by atoms with Crippen LogP contribution in [0.5, 0.6) is 0 Å². The van der Waals surface area contributed by atoms with Gasteiger partial charge in [-0.2, -0.15) is 0 Å². The highest BCUT2D eigenvalue weighted by molar-refractivity contribution is 7.89. The van der Waals surface area contributed by atoms with Crippen molar-refractivity contribution >= 4 is 15.7 Å². The molecule has 1 rings (SSSR count). The highest BCUT2D eigenvalue weighted by Gasteiger charge is 2.21. The van der Waals surface area contributed by atoms with E-state index < -0.39 is 10.0 Å². The summed E-state index contributed by atoms with van der Waals surface area (Å²) in [5.41, 5.74) is 6.95. The lowest BCUT2D eigenvalue weighted by Crippen LogP contribution is -2.27. The van der Waals surface area contributed by atoms with Crippen LogP contribution < -0.4 is 5.73 Å². The maximum absolute atomic E-state index is 11.9. The fourth-order valence-corrected chi connectivity index (χ4v) is 2.51. The molecule has 0 aliphatic carbocycles. The van der Waals surface area contributed by atoms with Crippen LogP contribution in [-0.2, 0) is 10.0 Å². The van der Waals surface area contributed by atoms with Crippen LogP contribution >= 0.6 is 0 Å². The predicted octanol–water partition coefficient (Wildman–Crippen LogP) is 1.22. The van der Waals surface area contributed by atoms with Crippen molar-refractivity contribution < 1.29 is 8.42 Å². The second-order valence-corrected chi connectivity index (χ2v) is 5.47. The number of benzene rings is 1. The van der Waals surface area contributed by atoms with E-state index >= 15 is 0 Å². The summed E-state index contributed by atoms with van der Waals surface area (Å²) in [7, 11) is -1.89. The fraction of sp³-hybridized carbons (Fsp3) is 0.400. The first-order chi connectivity index (χ1) is 6.89. The molecule has 0 saturated heterocycles. The minimum atomic E-state index is -3.43. The van der Waals surface area contributed by atoms with Crippen molar-refractivity contribution in [2.75, 3.05) is 19.3 Å². The highest BCUT2D eigenvalue weighted by Crippen LogP contribution is 2.22.